The summed E-state index contributed by atoms with van der Waals surface area (Å²) in [5.74, 6) is 0.789. The lowest BCUT2D eigenvalue weighted by Gasteiger charge is -2.27. The van der Waals surface area contributed by atoms with Crippen LogP contribution in [0.2, 0.25) is 0 Å². The van der Waals surface area contributed by atoms with Gasteiger partial charge in [-0.15, -0.1) is 0 Å². The predicted octanol–water partition coefficient (Wildman–Crippen LogP) is 4.34. The van der Waals surface area contributed by atoms with Crippen LogP contribution in [-0.4, -0.2) is 12.6 Å². The molecule has 0 saturated carbocycles. The molecule has 18 heavy (non-hydrogen) atoms. The normalized spacial score (nSPS) is 12.9. The third kappa shape index (κ3) is 4.81. The number of rotatable bonds is 8. The molecule has 1 N–H and O–H groups in total. The van der Waals surface area contributed by atoms with Crippen LogP contribution in [0.3, 0.4) is 0 Å². The summed E-state index contributed by atoms with van der Waals surface area (Å²) in [5.41, 5.74) is 2.83. The van der Waals surface area contributed by atoms with E-state index in [1.807, 2.05) is 0 Å². The number of hydrogen-bond acceptors (Lipinski definition) is 1. The highest BCUT2D eigenvalue weighted by atomic mass is 14.9. The molecule has 0 aliphatic heterocycles. The molecule has 0 heterocycles. The fraction of sp³-hybridized carbons (Fsp3) is 0.647. The highest BCUT2D eigenvalue weighted by molar-refractivity contribution is 5.23. The van der Waals surface area contributed by atoms with E-state index in [4.69, 9.17) is 0 Å². The number of hydrogen-bond donors (Lipinski definition) is 1. The Morgan fingerprint density at radius 3 is 2.39 bits per heavy atom. The molecule has 1 nitrogen and oxygen atoms in total. The average Bonchev–Trinajstić information content (AvgIpc) is 2.37. The Bertz CT molecular complexity index is 328. The highest BCUT2D eigenvalue weighted by Gasteiger charge is 2.17. The van der Waals surface area contributed by atoms with E-state index in [1.54, 1.807) is 0 Å². The summed E-state index contributed by atoms with van der Waals surface area (Å²) in [4.78, 5) is 0. The van der Waals surface area contributed by atoms with Crippen molar-refractivity contribution in [3.63, 3.8) is 0 Å². The van der Waals surface area contributed by atoms with Crippen molar-refractivity contribution in [1.82, 2.24) is 5.32 Å². The summed E-state index contributed by atoms with van der Waals surface area (Å²) >= 11 is 0. The molecule has 102 valence electrons. The maximum atomic E-state index is 3.74. The van der Waals surface area contributed by atoms with Crippen LogP contribution in [0.15, 0.2) is 24.3 Å². The van der Waals surface area contributed by atoms with E-state index in [-0.39, 0.29) is 0 Å². The Morgan fingerprint density at radius 1 is 1.11 bits per heavy atom. The quantitative estimate of drug-likeness (QED) is 0.720. The third-order valence-electron chi connectivity index (χ3n) is 3.81. The standard InChI is InChI=1S/C17H29N/c1-5-11-18-17(16(6-2)7-3)13-15-10-8-9-14(4)12-15/h8-10,12,16-18H,5-7,11,13H2,1-4H3. The van der Waals surface area contributed by atoms with Crippen LogP contribution in [0.4, 0.5) is 0 Å². The second-order valence-electron chi connectivity index (χ2n) is 5.33. The van der Waals surface area contributed by atoms with Crippen LogP contribution >= 0.6 is 0 Å². The van der Waals surface area contributed by atoms with Crippen LogP contribution in [0, 0.1) is 12.8 Å². The molecular weight excluding hydrogens is 218 g/mol. The maximum Gasteiger partial charge on any atom is 0.0135 e. The summed E-state index contributed by atoms with van der Waals surface area (Å²) < 4.78 is 0. The topological polar surface area (TPSA) is 12.0 Å². The Kier molecular flexibility index (Phi) is 7.04. The summed E-state index contributed by atoms with van der Waals surface area (Å²) in [7, 11) is 0. The van der Waals surface area contributed by atoms with E-state index >= 15 is 0 Å². The fourth-order valence-corrected chi connectivity index (χ4v) is 2.69. The van der Waals surface area contributed by atoms with Crippen molar-refractivity contribution >= 4 is 0 Å². The van der Waals surface area contributed by atoms with E-state index in [0.29, 0.717) is 6.04 Å². The van der Waals surface area contributed by atoms with Crippen molar-refractivity contribution in [3.05, 3.63) is 35.4 Å². The summed E-state index contributed by atoms with van der Waals surface area (Å²) in [6.45, 7) is 10.2. The van der Waals surface area contributed by atoms with Crippen molar-refractivity contribution in [2.45, 2.75) is 59.4 Å². The van der Waals surface area contributed by atoms with Crippen molar-refractivity contribution in [1.29, 1.82) is 0 Å². The van der Waals surface area contributed by atoms with Gasteiger partial charge in [-0.3, -0.25) is 0 Å². The SMILES string of the molecule is CCCNC(Cc1cccc(C)c1)C(CC)CC. The first kappa shape index (κ1) is 15.2. The third-order valence-corrected chi connectivity index (χ3v) is 3.81. The van der Waals surface area contributed by atoms with Gasteiger partial charge in [-0.25, -0.2) is 0 Å². The van der Waals surface area contributed by atoms with E-state index < -0.39 is 0 Å². The van der Waals surface area contributed by atoms with E-state index in [2.05, 4.69) is 57.3 Å². The zero-order chi connectivity index (χ0) is 13.4. The van der Waals surface area contributed by atoms with E-state index in [0.717, 1.165) is 18.9 Å². The molecule has 0 radical (unpaired) electrons. The zero-order valence-corrected chi connectivity index (χ0v) is 12.5. The minimum Gasteiger partial charge on any atom is -0.313 e. The molecule has 0 spiro atoms. The summed E-state index contributed by atoms with van der Waals surface area (Å²) in [5, 5.41) is 3.74. The van der Waals surface area contributed by atoms with Crippen LogP contribution < -0.4 is 5.32 Å². The van der Waals surface area contributed by atoms with Crippen LogP contribution in [-0.2, 0) is 6.42 Å². The molecule has 0 saturated heterocycles. The lowest BCUT2D eigenvalue weighted by atomic mass is 9.89. The molecule has 1 aromatic carbocycles. The zero-order valence-electron chi connectivity index (χ0n) is 12.5. The predicted molar refractivity (Wildman–Crippen MR) is 81.0 cm³/mol. The van der Waals surface area contributed by atoms with Gasteiger partial charge in [0.05, 0.1) is 0 Å². The lowest BCUT2D eigenvalue weighted by molar-refractivity contribution is 0.332. The van der Waals surface area contributed by atoms with Crippen LogP contribution in [0.1, 0.15) is 51.2 Å². The Labute approximate surface area is 113 Å². The van der Waals surface area contributed by atoms with Gasteiger partial charge in [0.2, 0.25) is 0 Å². The van der Waals surface area contributed by atoms with Gasteiger partial charge in [-0.05, 0) is 37.8 Å². The van der Waals surface area contributed by atoms with Gasteiger partial charge in [0.15, 0.2) is 0 Å². The first-order chi connectivity index (χ1) is 8.71. The molecular formula is C17H29N. The maximum absolute atomic E-state index is 3.74. The molecule has 1 aromatic rings. The minimum atomic E-state index is 0.627. The lowest BCUT2D eigenvalue weighted by Crippen LogP contribution is -2.38. The molecule has 0 aliphatic carbocycles. The Hall–Kier alpha value is -0.820. The van der Waals surface area contributed by atoms with Crippen molar-refractivity contribution in [2.24, 2.45) is 5.92 Å². The van der Waals surface area contributed by atoms with Gasteiger partial charge < -0.3 is 5.32 Å². The number of nitrogens with one attached hydrogen (secondary N) is 1. The molecule has 0 bridgehead atoms. The number of aryl methyl sites for hydroxylation is 1. The smallest absolute Gasteiger partial charge is 0.0135 e. The molecule has 1 rings (SSSR count). The number of benzene rings is 1. The molecule has 0 amide bonds. The average molecular weight is 247 g/mol. The second-order valence-corrected chi connectivity index (χ2v) is 5.33. The van der Waals surface area contributed by atoms with Crippen molar-refractivity contribution < 1.29 is 0 Å². The highest BCUT2D eigenvalue weighted by Crippen LogP contribution is 2.18. The molecule has 0 aromatic heterocycles. The van der Waals surface area contributed by atoms with Gasteiger partial charge in [0, 0.05) is 6.04 Å². The monoisotopic (exact) mass is 247 g/mol. The largest absolute Gasteiger partial charge is 0.313 e. The second kappa shape index (κ2) is 8.31. The molecule has 0 aliphatic rings. The van der Waals surface area contributed by atoms with E-state index in [1.165, 1.54) is 30.4 Å². The van der Waals surface area contributed by atoms with Gasteiger partial charge in [-0.1, -0.05) is 63.4 Å². The van der Waals surface area contributed by atoms with Gasteiger partial charge in [0.1, 0.15) is 0 Å². The molecule has 1 unspecified atom stereocenters. The van der Waals surface area contributed by atoms with Gasteiger partial charge in [0.25, 0.3) is 0 Å². The fourth-order valence-electron chi connectivity index (χ4n) is 2.69. The Morgan fingerprint density at radius 2 is 1.83 bits per heavy atom. The van der Waals surface area contributed by atoms with Crippen molar-refractivity contribution in [3.8, 4) is 0 Å². The first-order valence-electron chi connectivity index (χ1n) is 7.50. The Balaban J connectivity index is 2.70. The van der Waals surface area contributed by atoms with Crippen LogP contribution in [0.25, 0.3) is 0 Å². The van der Waals surface area contributed by atoms with Gasteiger partial charge in [-0.2, -0.15) is 0 Å². The van der Waals surface area contributed by atoms with Crippen LogP contribution in [0.5, 0.6) is 0 Å². The van der Waals surface area contributed by atoms with Gasteiger partial charge >= 0.3 is 0 Å². The van der Waals surface area contributed by atoms with Crippen molar-refractivity contribution in [2.75, 3.05) is 6.54 Å². The minimum absolute atomic E-state index is 0.627. The molecule has 1 atom stereocenters. The first-order valence-corrected chi connectivity index (χ1v) is 7.50. The molecule has 0 fully saturated rings. The molecule has 1 heteroatoms. The van der Waals surface area contributed by atoms with E-state index in [9.17, 15) is 0 Å². The summed E-state index contributed by atoms with van der Waals surface area (Å²) in [6.07, 6.45) is 4.91. The summed E-state index contributed by atoms with van der Waals surface area (Å²) in [6, 6.07) is 9.56.